The number of carbonyl (C=O) groups excluding carboxylic acids is 4. The van der Waals surface area contributed by atoms with Crippen LogP contribution in [0.2, 0.25) is 5.02 Å². The summed E-state index contributed by atoms with van der Waals surface area (Å²) >= 11 is 6.23. The van der Waals surface area contributed by atoms with Gasteiger partial charge in [-0.2, -0.15) is 0 Å². The van der Waals surface area contributed by atoms with Crippen molar-refractivity contribution in [2.24, 2.45) is 0 Å². The number of ether oxygens (including phenoxy) is 5. The zero-order chi connectivity index (χ0) is 35.0. The van der Waals surface area contributed by atoms with E-state index < -0.39 is 35.9 Å². The van der Waals surface area contributed by atoms with Crippen LogP contribution < -0.4 is 15.6 Å². The number of aromatic nitrogens is 2. The molecule has 48 heavy (non-hydrogen) atoms. The van der Waals surface area contributed by atoms with Gasteiger partial charge in [0.25, 0.3) is 5.56 Å². The molecule has 0 aliphatic heterocycles. The Morgan fingerprint density at radius 3 is 2.46 bits per heavy atom. The van der Waals surface area contributed by atoms with Crippen LogP contribution in [-0.2, 0) is 23.7 Å². The lowest BCUT2D eigenvalue weighted by Gasteiger charge is -2.22. The molecule has 14 heteroatoms. The van der Waals surface area contributed by atoms with Gasteiger partial charge in [-0.25, -0.2) is 9.59 Å². The number of pyridine rings is 1. The van der Waals surface area contributed by atoms with Crippen LogP contribution in [-0.4, -0.2) is 67.1 Å². The number of carbonyl (C=O) groups is 4. The summed E-state index contributed by atoms with van der Waals surface area (Å²) in [5.41, 5.74) is 1.74. The summed E-state index contributed by atoms with van der Waals surface area (Å²) in [6, 6.07) is 11.6. The highest BCUT2D eigenvalue weighted by atomic mass is 35.5. The van der Waals surface area contributed by atoms with Gasteiger partial charge in [0.2, 0.25) is 12.2 Å². The molecule has 0 bridgehead atoms. The average Bonchev–Trinajstić information content (AvgIpc) is 3.47. The van der Waals surface area contributed by atoms with Crippen LogP contribution in [0.4, 0.5) is 10.5 Å². The van der Waals surface area contributed by atoms with Gasteiger partial charge < -0.3 is 34.0 Å². The number of nitrogens with one attached hydrogen (secondary N) is 2. The molecule has 0 saturated carbocycles. The van der Waals surface area contributed by atoms with Crippen molar-refractivity contribution in [2.45, 2.75) is 45.9 Å². The zero-order valence-electron chi connectivity index (χ0n) is 27.1. The summed E-state index contributed by atoms with van der Waals surface area (Å²) in [7, 11) is 2.97. The number of hydrogen-bond donors (Lipinski definition) is 2. The van der Waals surface area contributed by atoms with E-state index in [0.717, 1.165) is 0 Å². The smallest absolute Gasteiger partial charge is 0.495 e. The summed E-state index contributed by atoms with van der Waals surface area (Å²) in [4.78, 5) is 66.8. The number of methoxy groups -OCH3 is 2. The van der Waals surface area contributed by atoms with Gasteiger partial charge in [-0.15, -0.1) is 0 Å². The summed E-state index contributed by atoms with van der Waals surface area (Å²) in [5, 5.41) is 3.82. The predicted molar refractivity (Wildman–Crippen MR) is 178 cm³/mol. The Hall–Kier alpha value is -5.14. The first kappa shape index (κ1) is 35.7. The standard InChI is InChI=1S/C34H36ClN3O10/c1-6-46-34(43)48-20(3)47-33(42)28-15-21-14-23(10-12-27(21)37-28)36-32(41)29(8-7-13-44-4)38-18-30(45-5)26(17-31(38)40)25-16-22(35)9-11-24(25)19(2)39/h9-12,14-18,20,29,37H,6-8,13H2,1-5H3,(H,36,41)/t20?,29-/m0/s1. The van der Waals surface area contributed by atoms with E-state index in [1.807, 2.05) is 0 Å². The Kier molecular flexibility index (Phi) is 12.0. The Bertz CT molecular complexity index is 1880. The summed E-state index contributed by atoms with van der Waals surface area (Å²) in [6.07, 6.45) is 0.0150. The molecule has 2 N–H and O–H groups in total. The van der Waals surface area contributed by atoms with Crippen molar-refractivity contribution >= 4 is 52.0 Å². The van der Waals surface area contributed by atoms with Crippen LogP contribution >= 0.6 is 11.6 Å². The fourth-order valence-corrected chi connectivity index (χ4v) is 5.25. The molecule has 0 spiro atoms. The number of Topliss-reactive ketones (excluding diaryl/α,β-unsaturated/α-hetero) is 1. The number of amides is 1. The molecule has 2 heterocycles. The van der Waals surface area contributed by atoms with E-state index in [2.05, 4.69) is 15.0 Å². The molecule has 13 nitrogen and oxygen atoms in total. The third-order valence-electron chi connectivity index (χ3n) is 7.29. The first-order valence-electron chi connectivity index (χ1n) is 15.0. The van der Waals surface area contributed by atoms with E-state index in [1.54, 1.807) is 50.4 Å². The minimum atomic E-state index is -1.19. The van der Waals surface area contributed by atoms with Crippen molar-refractivity contribution in [3.63, 3.8) is 0 Å². The third kappa shape index (κ3) is 8.60. The topological polar surface area (TPSA) is 164 Å². The summed E-state index contributed by atoms with van der Waals surface area (Å²) < 4.78 is 26.8. The molecule has 0 fully saturated rings. The third-order valence-corrected chi connectivity index (χ3v) is 7.52. The SMILES string of the molecule is CCOC(=O)OC(C)OC(=O)c1cc2cc(NC(=O)[C@H](CCCOC)n3cc(OC)c(-c4cc(Cl)ccc4C(C)=O)cc3=O)ccc2[nH]1. The van der Waals surface area contributed by atoms with Gasteiger partial charge in [-0.05, 0) is 74.7 Å². The van der Waals surface area contributed by atoms with Crippen LogP contribution in [0.1, 0.15) is 60.5 Å². The number of nitrogens with zero attached hydrogens (tertiary/aromatic N) is 1. The molecule has 2 aromatic heterocycles. The maximum absolute atomic E-state index is 13.8. The largest absolute Gasteiger partial charge is 0.511 e. The second-order valence-corrected chi connectivity index (χ2v) is 11.1. The predicted octanol–water partition coefficient (Wildman–Crippen LogP) is 6.14. The van der Waals surface area contributed by atoms with Crippen LogP contribution in [0.5, 0.6) is 5.75 Å². The number of H-pyrrole nitrogens is 1. The fourth-order valence-electron chi connectivity index (χ4n) is 5.08. The number of rotatable bonds is 14. The van der Waals surface area contributed by atoms with Gasteiger partial charge in [0.15, 0.2) is 5.78 Å². The molecule has 0 saturated heterocycles. The number of benzene rings is 2. The zero-order valence-corrected chi connectivity index (χ0v) is 27.8. The van der Waals surface area contributed by atoms with Crippen LogP contribution in [0, 0.1) is 0 Å². The van der Waals surface area contributed by atoms with Gasteiger partial charge in [0, 0.05) is 59.4 Å². The van der Waals surface area contributed by atoms with E-state index in [0.29, 0.717) is 51.3 Å². The molecule has 4 aromatic rings. The molecule has 0 aliphatic carbocycles. The van der Waals surface area contributed by atoms with Gasteiger partial charge in [-0.3, -0.25) is 19.0 Å². The number of ketones is 1. The number of hydrogen-bond acceptors (Lipinski definition) is 10. The summed E-state index contributed by atoms with van der Waals surface area (Å²) in [6.45, 7) is 4.88. The maximum atomic E-state index is 13.8. The molecule has 2 atom stereocenters. The Morgan fingerprint density at radius 2 is 1.77 bits per heavy atom. The first-order chi connectivity index (χ1) is 22.9. The van der Waals surface area contributed by atoms with Crippen molar-refractivity contribution in [1.29, 1.82) is 0 Å². The Morgan fingerprint density at radius 1 is 1.00 bits per heavy atom. The van der Waals surface area contributed by atoms with E-state index in [1.165, 1.54) is 43.9 Å². The lowest BCUT2D eigenvalue weighted by atomic mass is 9.97. The fraction of sp³-hybridized carbons (Fsp3) is 0.324. The highest BCUT2D eigenvalue weighted by Gasteiger charge is 2.25. The van der Waals surface area contributed by atoms with Crippen molar-refractivity contribution in [2.75, 3.05) is 32.8 Å². The van der Waals surface area contributed by atoms with E-state index in [-0.39, 0.29) is 30.3 Å². The lowest BCUT2D eigenvalue weighted by Crippen LogP contribution is -2.33. The van der Waals surface area contributed by atoms with Gasteiger partial charge in [0.1, 0.15) is 17.5 Å². The van der Waals surface area contributed by atoms with Crippen molar-refractivity contribution in [3.8, 4) is 16.9 Å². The highest BCUT2D eigenvalue weighted by Crippen LogP contribution is 2.34. The van der Waals surface area contributed by atoms with Crippen LogP contribution in [0.3, 0.4) is 0 Å². The average molecular weight is 682 g/mol. The Labute approximate surface area is 281 Å². The van der Waals surface area contributed by atoms with Crippen molar-refractivity contribution < 1.29 is 42.9 Å². The minimum absolute atomic E-state index is 0.0941. The second kappa shape index (κ2) is 16.1. The van der Waals surface area contributed by atoms with Gasteiger partial charge in [-0.1, -0.05) is 11.6 Å². The minimum Gasteiger partial charge on any atom is -0.495 e. The number of halogens is 1. The summed E-state index contributed by atoms with van der Waals surface area (Å²) in [5.74, 6) is -1.20. The van der Waals surface area contributed by atoms with E-state index in [4.69, 9.17) is 30.5 Å². The molecule has 1 amide bonds. The number of anilines is 1. The molecule has 4 rings (SSSR count). The quantitative estimate of drug-likeness (QED) is 0.0683. The Balaban J connectivity index is 1.61. The van der Waals surface area contributed by atoms with E-state index >= 15 is 0 Å². The molecule has 254 valence electrons. The highest BCUT2D eigenvalue weighted by molar-refractivity contribution is 6.31. The molecule has 0 aliphatic rings. The molecule has 2 aromatic carbocycles. The van der Waals surface area contributed by atoms with Gasteiger partial charge in [0.05, 0.1) is 19.9 Å². The number of fused-ring (bicyclic) bond motifs is 1. The molecular formula is C34H36ClN3O10. The molecule has 1 unspecified atom stereocenters. The van der Waals surface area contributed by atoms with Crippen LogP contribution in [0.25, 0.3) is 22.0 Å². The lowest BCUT2D eigenvalue weighted by molar-refractivity contribution is -0.119. The number of aromatic amines is 1. The number of esters is 1. The molecule has 0 radical (unpaired) electrons. The van der Waals surface area contributed by atoms with Crippen molar-refractivity contribution in [1.82, 2.24) is 9.55 Å². The van der Waals surface area contributed by atoms with Crippen LogP contribution in [0.15, 0.2) is 59.5 Å². The second-order valence-electron chi connectivity index (χ2n) is 10.6. The molecular weight excluding hydrogens is 646 g/mol. The van der Waals surface area contributed by atoms with Crippen molar-refractivity contribution in [3.05, 3.63) is 81.4 Å². The first-order valence-corrected chi connectivity index (χ1v) is 15.4. The maximum Gasteiger partial charge on any atom is 0.511 e. The van der Waals surface area contributed by atoms with Gasteiger partial charge >= 0.3 is 12.1 Å². The normalized spacial score (nSPS) is 12.2. The monoisotopic (exact) mass is 681 g/mol. The van der Waals surface area contributed by atoms with E-state index in [9.17, 15) is 24.0 Å².